The van der Waals surface area contributed by atoms with Crippen LogP contribution in [0.3, 0.4) is 0 Å². The molecular weight excluding hydrogens is 246 g/mol. The lowest BCUT2D eigenvalue weighted by Gasteiger charge is -2.32. The summed E-state index contributed by atoms with van der Waals surface area (Å²) < 4.78 is 23.4. The van der Waals surface area contributed by atoms with Gasteiger partial charge in [0.1, 0.15) is 9.84 Å². The van der Waals surface area contributed by atoms with Gasteiger partial charge >= 0.3 is 0 Å². The van der Waals surface area contributed by atoms with Crippen molar-refractivity contribution in [1.82, 2.24) is 5.32 Å². The molecule has 0 aromatic carbocycles. The van der Waals surface area contributed by atoms with Gasteiger partial charge in [-0.1, -0.05) is 19.8 Å². The van der Waals surface area contributed by atoms with Crippen molar-refractivity contribution in [2.24, 2.45) is 11.8 Å². The maximum Gasteiger partial charge on any atom is 0.150 e. The summed E-state index contributed by atoms with van der Waals surface area (Å²) in [7, 11) is -2.83. The second-order valence-electron chi connectivity index (χ2n) is 6.21. The minimum Gasteiger partial charge on any atom is -0.314 e. The third-order valence-corrected chi connectivity index (χ3v) is 6.54. The normalized spacial score (nSPS) is 37.9. The molecule has 0 amide bonds. The lowest BCUT2D eigenvalue weighted by molar-refractivity contribution is 0.249. The van der Waals surface area contributed by atoms with Gasteiger partial charge in [-0.25, -0.2) is 8.42 Å². The Morgan fingerprint density at radius 3 is 2.44 bits per heavy atom. The van der Waals surface area contributed by atoms with Gasteiger partial charge in [0, 0.05) is 12.3 Å². The molecule has 4 unspecified atom stereocenters. The van der Waals surface area contributed by atoms with Crippen molar-refractivity contribution in [2.45, 2.75) is 63.2 Å². The molecule has 2 rings (SSSR count). The molecule has 0 aliphatic heterocycles. The van der Waals surface area contributed by atoms with Crippen molar-refractivity contribution >= 4 is 9.84 Å². The van der Waals surface area contributed by atoms with E-state index in [9.17, 15) is 8.42 Å². The Bertz CT molecular complexity index is 366. The van der Waals surface area contributed by atoms with Crippen molar-refractivity contribution in [3.8, 4) is 0 Å². The van der Waals surface area contributed by atoms with Crippen LogP contribution in [0.2, 0.25) is 0 Å². The van der Waals surface area contributed by atoms with Crippen molar-refractivity contribution < 1.29 is 8.42 Å². The van der Waals surface area contributed by atoms with E-state index in [0.29, 0.717) is 12.0 Å². The van der Waals surface area contributed by atoms with Crippen LogP contribution < -0.4 is 5.32 Å². The highest BCUT2D eigenvalue weighted by atomic mass is 32.2. The van der Waals surface area contributed by atoms with E-state index in [2.05, 4.69) is 12.2 Å². The summed E-state index contributed by atoms with van der Waals surface area (Å²) in [6.07, 6.45) is 9.39. The molecule has 0 spiro atoms. The molecule has 18 heavy (non-hydrogen) atoms. The molecule has 0 aromatic rings. The zero-order valence-electron chi connectivity index (χ0n) is 11.7. The van der Waals surface area contributed by atoms with Gasteiger partial charge < -0.3 is 5.32 Å². The Morgan fingerprint density at radius 1 is 1.06 bits per heavy atom. The topological polar surface area (TPSA) is 46.2 Å². The highest BCUT2D eigenvalue weighted by Crippen LogP contribution is 2.40. The lowest BCUT2D eigenvalue weighted by atomic mass is 9.79. The Balaban J connectivity index is 1.90. The van der Waals surface area contributed by atoms with Gasteiger partial charge in [0.2, 0.25) is 0 Å². The van der Waals surface area contributed by atoms with Crippen LogP contribution in [0.5, 0.6) is 0 Å². The van der Waals surface area contributed by atoms with E-state index in [4.69, 9.17) is 0 Å². The number of hydrogen-bond acceptors (Lipinski definition) is 3. The second kappa shape index (κ2) is 5.91. The first kappa shape index (κ1) is 14.3. The Kier molecular flexibility index (Phi) is 4.70. The average molecular weight is 273 g/mol. The molecule has 2 fully saturated rings. The molecule has 2 aliphatic rings. The molecule has 3 nitrogen and oxygen atoms in total. The van der Waals surface area contributed by atoms with E-state index in [1.165, 1.54) is 31.9 Å². The third kappa shape index (κ3) is 3.47. The highest BCUT2D eigenvalue weighted by molar-refractivity contribution is 7.91. The van der Waals surface area contributed by atoms with Gasteiger partial charge in [0.25, 0.3) is 0 Å². The predicted octanol–water partition coefficient (Wildman–Crippen LogP) is 2.37. The summed E-state index contributed by atoms with van der Waals surface area (Å²) in [6.45, 7) is 3.21. The SMILES string of the molecule is CCNC1CCC(C2CCCC(S(C)(=O)=O)C2)C1. The molecular formula is C14H27NO2S. The number of sulfone groups is 1. The minimum absolute atomic E-state index is 0.0607. The van der Waals surface area contributed by atoms with Gasteiger partial charge in [-0.15, -0.1) is 0 Å². The molecule has 0 saturated heterocycles. The molecule has 0 aromatic heterocycles. The van der Waals surface area contributed by atoms with Gasteiger partial charge in [-0.2, -0.15) is 0 Å². The fourth-order valence-electron chi connectivity index (χ4n) is 3.92. The molecule has 4 heteroatoms. The summed E-state index contributed by atoms with van der Waals surface area (Å²) in [5.74, 6) is 1.42. The van der Waals surface area contributed by atoms with Crippen LogP contribution in [0.4, 0.5) is 0 Å². The fraction of sp³-hybridized carbons (Fsp3) is 1.00. The summed E-state index contributed by atoms with van der Waals surface area (Å²) >= 11 is 0. The largest absolute Gasteiger partial charge is 0.314 e. The molecule has 0 heterocycles. The predicted molar refractivity (Wildman–Crippen MR) is 75.4 cm³/mol. The number of nitrogens with one attached hydrogen (secondary N) is 1. The monoisotopic (exact) mass is 273 g/mol. The van der Waals surface area contributed by atoms with Crippen molar-refractivity contribution in [1.29, 1.82) is 0 Å². The van der Waals surface area contributed by atoms with Crippen molar-refractivity contribution in [3.05, 3.63) is 0 Å². The number of rotatable bonds is 4. The summed E-state index contributed by atoms with van der Waals surface area (Å²) in [5, 5.41) is 3.48. The molecule has 0 radical (unpaired) electrons. The van der Waals surface area contributed by atoms with Crippen molar-refractivity contribution in [3.63, 3.8) is 0 Å². The highest BCUT2D eigenvalue weighted by Gasteiger charge is 2.36. The maximum atomic E-state index is 11.7. The minimum atomic E-state index is -2.83. The van der Waals surface area contributed by atoms with Gasteiger partial charge in [-0.3, -0.25) is 0 Å². The van der Waals surface area contributed by atoms with Crippen LogP contribution in [0, 0.1) is 11.8 Å². The quantitative estimate of drug-likeness (QED) is 0.855. The van der Waals surface area contributed by atoms with E-state index >= 15 is 0 Å². The van der Waals surface area contributed by atoms with E-state index in [0.717, 1.165) is 31.7 Å². The van der Waals surface area contributed by atoms with Gasteiger partial charge in [-0.05, 0) is 50.5 Å². The summed E-state index contributed by atoms with van der Waals surface area (Å²) in [6, 6.07) is 0.679. The third-order valence-electron chi connectivity index (χ3n) is 4.90. The number of hydrogen-bond donors (Lipinski definition) is 1. The van der Waals surface area contributed by atoms with Crippen LogP contribution in [-0.2, 0) is 9.84 Å². The summed E-state index contributed by atoms with van der Waals surface area (Å²) in [4.78, 5) is 0. The van der Waals surface area contributed by atoms with Crippen LogP contribution in [-0.4, -0.2) is 32.5 Å². The molecule has 106 valence electrons. The van der Waals surface area contributed by atoms with Gasteiger partial charge in [0.05, 0.1) is 5.25 Å². The Morgan fingerprint density at radius 2 is 1.78 bits per heavy atom. The molecule has 2 saturated carbocycles. The van der Waals surface area contributed by atoms with Gasteiger partial charge in [0.15, 0.2) is 0 Å². The van der Waals surface area contributed by atoms with Crippen LogP contribution in [0.25, 0.3) is 0 Å². The second-order valence-corrected chi connectivity index (χ2v) is 8.53. The van der Waals surface area contributed by atoms with E-state index < -0.39 is 9.84 Å². The first-order chi connectivity index (χ1) is 8.50. The first-order valence-electron chi connectivity index (χ1n) is 7.43. The van der Waals surface area contributed by atoms with Crippen LogP contribution >= 0.6 is 0 Å². The van der Waals surface area contributed by atoms with Crippen molar-refractivity contribution in [2.75, 3.05) is 12.8 Å². The first-order valence-corrected chi connectivity index (χ1v) is 9.38. The fourth-order valence-corrected chi connectivity index (χ4v) is 5.11. The van der Waals surface area contributed by atoms with Crippen LogP contribution in [0.15, 0.2) is 0 Å². The van der Waals surface area contributed by atoms with E-state index in [-0.39, 0.29) is 5.25 Å². The Labute approximate surface area is 112 Å². The zero-order chi connectivity index (χ0) is 13.2. The smallest absolute Gasteiger partial charge is 0.150 e. The zero-order valence-corrected chi connectivity index (χ0v) is 12.5. The molecule has 0 bridgehead atoms. The lowest BCUT2D eigenvalue weighted by Crippen LogP contribution is -2.31. The molecule has 1 N–H and O–H groups in total. The van der Waals surface area contributed by atoms with E-state index in [1.807, 2.05) is 0 Å². The summed E-state index contributed by atoms with van der Waals surface area (Å²) in [5.41, 5.74) is 0. The van der Waals surface area contributed by atoms with E-state index in [1.54, 1.807) is 0 Å². The Hall–Kier alpha value is -0.0900. The van der Waals surface area contributed by atoms with Crippen LogP contribution in [0.1, 0.15) is 51.9 Å². The standard InChI is InChI=1S/C14H27NO2S/c1-3-15-13-8-7-12(9-13)11-5-4-6-14(10-11)18(2,16)17/h11-15H,3-10H2,1-2H3. The average Bonchev–Trinajstić information content (AvgIpc) is 2.77. The molecule has 4 atom stereocenters. The maximum absolute atomic E-state index is 11.7. The molecule has 2 aliphatic carbocycles.